The van der Waals surface area contributed by atoms with Gasteiger partial charge in [-0.3, -0.25) is 0 Å². The van der Waals surface area contributed by atoms with Crippen LogP contribution in [0.3, 0.4) is 0 Å². The van der Waals surface area contributed by atoms with Gasteiger partial charge in [-0.1, -0.05) is 59.3 Å². The zero-order chi connectivity index (χ0) is 13.3. The van der Waals surface area contributed by atoms with Crippen molar-refractivity contribution < 1.29 is 4.43 Å². The Bertz CT molecular complexity index is 242. The van der Waals surface area contributed by atoms with Crippen LogP contribution in [0.4, 0.5) is 0 Å². The summed E-state index contributed by atoms with van der Waals surface area (Å²) in [5.41, 5.74) is 0.265. The van der Waals surface area contributed by atoms with Crippen molar-refractivity contribution in [2.45, 2.75) is 72.9 Å². The standard InChI is InChI=1S/C15H30OSi/c1-7-8-9-10-11-14(15(2,3)4)12-13-16-17(5)6/h14,17H,7-11H2,1-6H3/t14-/m1/s1. The molecule has 0 N–H and O–H groups in total. The summed E-state index contributed by atoms with van der Waals surface area (Å²) in [6.45, 7) is 13.4. The lowest BCUT2D eigenvalue weighted by molar-refractivity contribution is 0.280. The predicted molar refractivity (Wildman–Crippen MR) is 79.4 cm³/mol. The second-order valence-electron chi connectivity index (χ2n) is 6.18. The first-order chi connectivity index (χ1) is 7.88. The molecule has 17 heavy (non-hydrogen) atoms. The summed E-state index contributed by atoms with van der Waals surface area (Å²) in [6.07, 6.45) is 9.43. The summed E-state index contributed by atoms with van der Waals surface area (Å²) >= 11 is 0. The molecule has 0 spiro atoms. The molecule has 0 amide bonds. The van der Waals surface area contributed by atoms with Gasteiger partial charge in [-0.05, 0) is 24.9 Å². The third-order valence-electron chi connectivity index (χ3n) is 2.92. The van der Waals surface area contributed by atoms with Gasteiger partial charge < -0.3 is 4.43 Å². The normalized spacial score (nSPS) is 13.1. The van der Waals surface area contributed by atoms with Crippen molar-refractivity contribution in [3.05, 3.63) is 0 Å². The molecule has 2 heteroatoms. The number of rotatable bonds is 6. The van der Waals surface area contributed by atoms with Crippen molar-refractivity contribution in [3.8, 4) is 12.0 Å². The van der Waals surface area contributed by atoms with E-state index >= 15 is 0 Å². The van der Waals surface area contributed by atoms with Gasteiger partial charge in [-0.25, -0.2) is 0 Å². The Labute approximate surface area is 110 Å². The van der Waals surface area contributed by atoms with E-state index in [4.69, 9.17) is 4.43 Å². The highest BCUT2D eigenvalue weighted by Crippen LogP contribution is 2.29. The fourth-order valence-electron chi connectivity index (χ4n) is 1.72. The van der Waals surface area contributed by atoms with Gasteiger partial charge in [-0.2, -0.15) is 0 Å². The van der Waals surface area contributed by atoms with E-state index in [-0.39, 0.29) is 5.41 Å². The van der Waals surface area contributed by atoms with Gasteiger partial charge in [0.15, 0.2) is 0 Å². The molecule has 0 aromatic carbocycles. The van der Waals surface area contributed by atoms with Crippen molar-refractivity contribution >= 4 is 9.04 Å². The van der Waals surface area contributed by atoms with E-state index < -0.39 is 9.04 Å². The third-order valence-corrected chi connectivity index (χ3v) is 3.51. The summed E-state index contributed by atoms with van der Waals surface area (Å²) in [6, 6.07) is 0. The van der Waals surface area contributed by atoms with Crippen molar-refractivity contribution in [3.63, 3.8) is 0 Å². The molecule has 0 saturated carbocycles. The van der Waals surface area contributed by atoms with Crippen LogP contribution in [0.1, 0.15) is 59.8 Å². The fraction of sp³-hybridized carbons (Fsp3) is 0.867. The second kappa shape index (κ2) is 8.64. The zero-order valence-corrected chi connectivity index (χ0v) is 13.8. The molecule has 0 radical (unpaired) electrons. The van der Waals surface area contributed by atoms with Crippen LogP contribution in [0.5, 0.6) is 0 Å². The van der Waals surface area contributed by atoms with Crippen LogP contribution in [-0.4, -0.2) is 9.04 Å². The highest BCUT2D eigenvalue weighted by Gasteiger charge is 2.22. The van der Waals surface area contributed by atoms with E-state index in [1.54, 1.807) is 0 Å². The van der Waals surface area contributed by atoms with Crippen molar-refractivity contribution in [1.82, 2.24) is 0 Å². The van der Waals surface area contributed by atoms with Crippen LogP contribution < -0.4 is 0 Å². The molecule has 0 aliphatic carbocycles. The van der Waals surface area contributed by atoms with Gasteiger partial charge in [0, 0.05) is 5.92 Å². The van der Waals surface area contributed by atoms with Crippen LogP contribution in [-0.2, 0) is 4.43 Å². The first-order valence-electron chi connectivity index (χ1n) is 7.04. The molecular weight excluding hydrogens is 224 g/mol. The van der Waals surface area contributed by atoms with E-state index in [9.17, 15) is 0 Å². The van der Waals surface area contributed by atoms with Crippen molar-refractivity contribution in [2.24, 2.45) is 11.3 Å². The van der Waals surface area contributed by atoms with E-state index in [2.05, 4.69) is 52.8 Å². The molecule has 0 aliphatic heterocycles. The molecule has 0 aromatic rings. The maximum Gasteiger partial charge on any atom is 0.244 e. The van der Waals surface area contributed by atoms with Crippen molar-refractivity contribution in [1.29, 1.82) is 0 Å². The molecule has 0 aliphatic rings. The lowest BCUT2D eigenvalue weighted by Crippen LogP contribution is -2.19. The Morgan fingerprint density at radius 1 is 1.12 bits per heavy atom. The SMILES string of the molecule is CCCCCC[C@H](C#CO[SiH](C)C)C(C)(C)C. The minimum absolute atomic E-state index is 0.265. The quantitative estimate of drug-likeness (QED) is 0.383. The maximum atomic E-state index is 5.47. The van der Waals surface area contributed by atoms with E-state index in [0.717, 1.165) is 0 Å². The van der Waals surface area contributed by atoms with Gasteiger partial charge in [0.2, 0.25) is 9.04 Å². The molecule has 1 atom stereocenters. The first kappa shape index (κ1) is 16.6. The largest absolute Gasteiger partial charge is 0.505 e. The highest BCUT2D eigenvalue weighted by atomic mass is 28.3. The minimum Gasteiger partial charge on any atom is -0.505 e. The van der Waals surface area contributed by atoms with Gasteiger partial charge in [-0.15, -0.1) is 0 Å². The second-order valence-corrected chi connectivity index (χ2v) is 8.51. The Morgan fingerprint density at radius 3 is 2.24 bits per heavy atom. The summed E-state index contributed by atoms with van der Waals surface area (Å²) in [5.74, 6) is 3.80. The summed E-state index contributed by atoms with van der Waals surface area (Å²) in [7, 11) is -0.995. The molecule has 0 aromatic heterocycles. The minimum atomic E-state index is -0.995. The average molecular weight is 254 g/mol. The lowest BCUT2D eigenvalue weighted by Gasteiger charge is -2.26. The Hall–Kier alpha value is -0.423. The Kier molecular flexibility index (Phi) is 8.42. The van der Waals surface area contributed by atoms with Crippen LogP contribution in [0.25, 0.3) is 0 Å². The molecule has 0 fully saturated rings. The van der Waals surface area contributed by atoms with Crippen LogP contribution >= 0.6 is 0 Å². The van der Waals surface area contributed by atoms with E-state index in [0.29, 0.717) is 5.92 Å². The van der Waals surface area contributed by atoms with E-state index in [1.807, 2.05) is 0 Å². The lowest BCUT2D eigenvalue weighted by atomic mass is 9.78. The summed E-state index contributed by atoms with van der Waals surface area (Å²) in [5, 5.41) is 0. The topological polar surface area (TPSA) is 9.23 Å². The number of hydrogen-bond donors (Lipinski definition) is 0. The van der Waals surface area contributed by atoms with Crippen molar-refractivity contribution in [2.75, 3.05) is 0 Å². The number of hydrogen-bond acceptors (Lipinski definition) is 1. The third kappa shape index (κ3) is 9.29. The van der Waals surface area contributed by atoms with E-state index in [1.165, 1.54) is 32.1 Å². The average Bonchev–Trinajstić information content (AvgIpc) is 2.19. The predicted octanol–water partition coefficient (Wildman–Crippen LogP) is 4.58. The maximum absolute atomic E-state index is 5.47. The molecule has 0 bridgehead atoms. The molecule has 100 valence electrons. The monoisotopic (exact) mass is 254 g/mol. The molecular formula is C15H30OSi. The molecule has 0 heterocycles. The highest BCUT2D eigenvalue weighted by molar-refractivity contribution is 6.48. The van der Waals surface area contributed by atoms with Gasteiger partial charge >= 0.3 is 0 Å². The molecule has 0 unspecified atom stereocenters. The smallest absolute Gasteiger partial charge is 0.244 e. The summed E-state index contributed by atoms with van der Waals surface area (Å²) < 4.78 is 5.47. The fourth-order valence-corrected chi connectivity index (χ4v) is 2.02. The van der Waals surface area contributed by atoms with Gasteiger partial charge in [0.05, 0.1) is 6.11 Å². The molecule has 0 saturated heterocycles. The first-order valence-corrected chi connectivity index (χ1v) is 9.82. The summed E-state index contributed by atoms with van der Waals surface area (Å²) in [4.78, 5) is 0. The van der Waals surface area contributed by atoms with Crippen LogP contribution in [0.2, 0.25) is 13.1 Å². The molecule has 0 rings (SSSR count). The zero-order valence-electron chi connectivity index (χ0n) is 12.6. The Morgan fingerprint density at radius 2 is 1.76 bits per heavy atom. The number of unbranched alkanes of at least 4 members (excludes halogenated alkanes) is 3. The van der Waals surface area contributed by atoms with Crippen LogP contribution in [0, 0.1) is 23.4 Å². The van der Waals surface area contributed by atoms with Gasteiger partial charge in [0.25, 0.3) is 0 Å². The van der Waals surface area contributed by atoms with Gasteiger partial charge in [0.1, 0.15) is 0 Å². The molecule has 1 nitrogen and oxygen atoms in total. The Balaban J connectivity index is 4.19. The van der Waals surface area contributed by atoms with Crippen LogP contribution in [0.15, 0.2) is 0 Å².